The van der Waals surface area contributed by atoms with Gasteiger partial charge in [-0.05, 0) is 49.9 Å². The third-order valence-corrected chi connectivity index (χ3v) is 6.84. The van der Waals surface area contributed by atoms with Crippen LogP contribution in [0.5, 0.6) is 0 Å². The maximum atomic E-state index is 12.4. The molecule has 1 amide bonds. The first-order chi connectivity index (χ1) is 12.9. The highest BCUT2D eigenvalue weighted by molar-refractivity contribution is 7.88. The summed E-state index contributed by atoms with van der Waals surface area (Å²) in [7, 11) is -3.23. The lowest BCUT2D eigenvalue weighted by Crippen LogP contribution is -2.44. The molecule has 2 heterocycles. The zero-order valence-corrected chi connectivity index (χ0v) is 17.0. The lowest BCUT2D eigenvalue weighted by atomic mass is 9.98. The minimum atomic E-state index is -3.23. The van der Waals surface area contributed by atoms with Gasteiger partial charge in [0.2, 0.25) is 15.9 Å². The van der Waals surface area contributed by atoms with Gasteiger partial charge in [0.15, 0.2) is 0 Å². The van der Waals surface area contributed by atoms with Crippen LogP contribution >= 0.6 is 0 Å². The van der Waals surface area contributed by atoms with E-state index >= 15 is 0 Å². The Morgan fingerprint density at radius 3 is 2.37 bits per heavy atom. The average Bonchev–Trinajstić information content (AvgIpc) is 2.67. The summed E-state index contributed by atoms with van der Waals surface area (Å²) in [4.78, 5) is 14.9. The van der Waals surface area contributed by atoms with E-state index in [9.17, 15) is 13.2 Å². The molecule has 1 aromatic rings. The number of amides is 1. The highest BCUT2D eigenvalue weighted by atomic mass is 32.2. The molecule has 2 aliphatic heterocycles. The predicted molar refractivity (Wildman–Crippen MR) is 107 cm³/mol. The molecule has 0 radical (unpaired) electrons. The van der Waals surface area contributed by atoms with Crippen molar-refractivity contribution < 1.29 is 13.2 Å². The lowest BCUT2D eigenvalue weighted by molar-refractivity contribution is -0.126. The fourth-order valence-electron chi connectivity index (χ4n) is 3.93. The molecule has 2 fully saturated rings. The first kappa shape index (κ1) is 20.3. The van der Waals surface area contributed by atoms with E-state index < -0.39 is 10.0 Å². The zero-order valence-electron chi connectivity index (χ0n) is 16.2. The Morgan fingerprint density at radius 2 is 1.70 bits per heavy atom. The van der Waals surface area contributed by atoms with Gasteiger partial charge < -0.3 is 5.32 Å². The normalized spacial score (nSPS) is 22.5. The second-order valence-corrected chi connectivity index (χ2v) is 9.81. The first-order valence-corrected chi connectivity index (χ1v) is 11.8. The molecule has 6 nitrogen and oxygen atoms in total. The van der Waals surface area contributed by atoms with E-state index in [0.29, 0.717) is 19.6 Å². The molecular formula is C20H31N3O3S. The number of sulfonamides is 1. The van der Waals surface area contributed by atoms with Gasteiger partial charge in [-0.25, -0.2) is 12.7 Å². The summed E-state index contributed by atoms with van der Waals surface area (Å²) >= 11 is 0. The van der Waals surface area contributed by atoms with E-state index in [1.165, 1.54) is 48.5 Å². The zero-order chi connectivity index (χ0) is 19.3. The second-order valence-electron chi connectivity index (χ2n) is 7.83. The van der Waals surface area contributed by atoms with Crippen molar-refractivity contribution >= 4 is 15.9 Å². The van der Waals surface area contributed by atoms with E-state index in [1.54, 1.807) is 0 Å². The molecule has 7 heteroatoms. The summed E-state index contributed by atoms with van der Waals surface area (Å²) < 4.78 is 24.8. The van der Waals surface area contributed by atoms with Gasteiger partial charge in [0.25, 0.3) is 0 Å². The van der Waals surface area contributed by atoms with E-state index in [0.717, 1.165) is 24.9 Å². The highest BCUT2D eigenvalue weighted by Crippen LogP contribution is 2.19. The van der Waals surface area contributed by atoms with Gasteiger partial charge in [0.1, 0.15) is 0 Å². The smallest absolute Gasteiger partial charge is 0.224 e. The molecule has 27 heavy (non-hydrogen) atoms. The monoisotopic (exact) mass is 393 g/mol. The molecule has 1 unspecified atom stereocenters. The van der Waals surface area contributed by atoms with Crippen LogP contribution < -0.4 is 5.32 Å². The van der Waals surface area contributed by atoms with Crippen molar-refractivity contribution in [2.24, 2.45) is 5.92 Å². The van der Waals surface area contributed by atoms with Gasteiger partial charge in [-0.3, -0.25) is 9.69 Å². The van der Waals surface area contributed by atoms with Gasteiger partial charge in [-0.15, -0.1) is 0 Å². The Labute approximate surface area is 163 Å². The summed E-state index contributed by atoms with van der Waals surface area (Å²) in [6, 6.07) is 8.43. The summed E-state index contributed by atoms with van der Waals surface area (Å²) in [5.74, 6) is -0.312. The van der Waals surface area contributed by atoms with Gasteiger partial charge in [-0.2, -0.15) is 0 Å². The molecule has 1 atom stereocenters. The molecule has 2 saturated heterocycles. The van der Waals surface area contributed by atoms with Crippen molar-refractivity contribution in [1.82, 2.24) is 14.5 Å². The van der Waals surface area contributed by atoms with E-state index in [2.05, 4.69) is 34.5 Å². The summed E-state index contributed by atoms with van der Waals surface area (Å²) in [5.41, 5.74) is 2.38. The van der Waals surface area contributed by atoms with Gasteiger partial charge in [0.05, 0.1) is 12.2 Å². The van der Waals surface area contributed by atoms with Gasteiger partial charge in [-0.1, -0.05) is 30.7 Å². The molecule has 0 aromatic heterocycles. The molecule has 0 saturated carbocycles. The van der Waals surface area contributed by atoms with Crippen molar-refractivity contribution in [3.05, 3.63) is 35.4 Å². The van der Waals surface area contributed by atoms with Crippen LogP contribution in [-0.4, -0.2) is 56.0 Å². The Kier molecular flexibility index (Phi) is 6.89. The number of hydrogen-bond donors (Lipinski definition) is 1. The maximum absolute atomic E-state index is 12.4. The van der Waals surface area contributed by atoms with Crippen molar-refractivity contribution in [3.63, 3.8) is 0 Å². The number of benzene rings is 1. The third kappa shape index (κ3) is 6.02. The number of nitrogens with zero attached hydrogens (tertiary/aromatic N) is 2. The molecule has 2 aliphatic rings. The van der Waals surface area contributed by atoms with Crippen LogP contribution in [-0.2, 0) is 27.9 Å². The summed E-state index contributed by atoms with van der Waals surface area (Å²) in [5, 5.41) is 2.97. The van der Waals surface area contributed by atoms with E-state index in [-0.39, 0.29) is 11.8 Å². The molecule has 1 aromatic carbocycles. The van der Waals surface area contributed by atoms with Crippen molar-refractivity contribution in [3.8, 4) is 0 Å². The number of rotatable bonds is 6. The molecule has 0 aliphatic carbocycles. The van der Waals surface area contributed by atoms with Crippen molar-refractivity contribution in [2.75, 3.05) is 32.4 Å². The minimum Gasteiger partial charge on any atom is -0.352 e. The molecule has 1 N–H and O–H groups in total. The second kappa shape index (κ2) is 9.17. The molecule has 3 rings (SSSR count). The van der Waals surface area contributed by atoms with Crippen LogP contribution in [0.3, 0.4) is 0 Å². The molecule has 0 bridgehead atoms. The van der Waals surface area contributed by atoms with Crippen LogP contribution in [0.25, 0.3) is 0 Å². The number of carbonyl (C=O) groups is 1. The number of likely N-dealkylation sites (tertiary alicyclic amines) is 1. The predicted octanol–water partition coefficient (Wildman–Crippen LogP) is 1.96. The third-order valence-electron chi connectivity index (χ3n) is 5.57. The number of nitrogens with one attached hydrogen (secondary N) is 1. The first-order valence-electron chi connectivity index (χ1n) is 9.95. The average molecular weight is 394 g/mol. The maximum Gasteiger partial charge on any atom is 0.224 e. The topological polar surface area (TPSA) is 69.7 Å². The molecular weight excluding hydrogens is 362 g/mol. The van der Waals surface area contributed by atoms with E-state index in [1.807, 2.05) is 0 Å². The van der Waals surface area contributed by atoms with Crippen molar-refractivity contribution in [1.29, 1.82) is 0 Å². The standard InChI is InChI=1S/C20H31N3O3S/c1-27(25,26)23-13-5-6-19(16-23)20(24)21-14-17-7-9-18(10-8-17)15-22-11-3-2-4-12-22/h7-10,19H,2-6,11-16H2,1H3,(H,21,24). The number of piperidine rings is 2. The Balaban J connectivity index is 1.47. The molecule has 0 spiro atoms. The Bertz CT molecular complexity index is 727. The summed E-state index contributed by atoms with van der Waals surface area (Å²) in [6.45, 7) is 4.65. The number of hydrogen-bond acceptors (Lipinski definition) is 4. The van der Waals surface area contributed by atoms with Crippen LogP contribution in [0.4, 0.5) is 0 Å². The Morgan fingerprint density at radius 1 is 1.04 bits per heavy atom. The molecule has 150 valence electrons. The van der Waals surface area contributed by atoms with Gasteiger partial charge >= 0.3 is 0 Å². The van der Waals surface area contributed by atoms with Crippen LogP contribution in [0.2, 0.25) is 0 Å². The van der Waals surface area contributed by atoms with Gasteiger partial charge in [0, 0.05) is 26.2 Å². The fraction of sp³-hybridized carbons (Fsp3) is 0.650. The SMILES string of the molecule is CS(=O)(=O)N1CCCC(C(=O)NCc2ccc(CN3CCCCC3)cc2)C1. The number of carbonyl (C=O) groups excluding carboxylic acids is 1. The lowest BCUT2D eigenvalue weighted by Gasteiger charge is -2.30. The minimum absolute atomic E-state index is 0.0549. The fourth-order valence-corrected chi connectivity index (χ4v) is 4.84. The highest BCUT2D eigenvalue weighted by Gasteiger charge is 2.29. The Hall–Kier alpha value is -1.44. The van der Waals surface area contributed by atoms with Crippen LogP contribution in [0.15, 0.2) is 24.3 Å². The summed E-state index contributed by atoms with van der Waals surface area (Å²) in [6.07, 6.45) is 6.61. The van der Waals surface area contributed by atoms with Crippen LogP contribution in [0, 0.1) is 5.92 Å². The largest absolute Gasteiger partial charge is 0.352 e. The van der Waals surface area contributed by atoms with E-state index in [4.69, 9.17) is 0 Å². The quantitative estimate of drug-likeness (QED) is 0.802. The van der Waals surface area contributed by atoms with Crippen molar-refractivity contribution in [2.45, 2.75) is 45.2 Å². The van der Waals surface area contributed by atoms with Crippen LogP contribution in [0.1, 0.15) is 43.2 Å².